The summed E-state index contributed by atoms with van der Waals surface area (Å²) in [6, 6.07) is 10.9. The maximum Gasteiger partial charge on any atom is 0.117 e. The molecule has 0 aliphatic carbocycles. The Bertz CT molecular complexity index is 690. The smallest absolute Gasteiger partial charge is 0.117 e. The van der Waals surface area contributed by atoms with Crippen LogP contribution >= 0.6 is 11.8 Å². The normalized spacial score (nSPS) is 14.4. The van der Waals surface area contributed by atoms with E-state index in [0.717, 1.165) is 34.3 Å². The molecule has 0 spiro atoms. The minimum atomic E-state index is 0.271. The first kappa shape index (κ1) is 15.1. The molecule has 116 valence electrons. The highest BCUT2D eigenvalue weighted by Gasteiger charge is 2.25. The molecule has 0 radical (unpaired) electrons. The van der Waals surface area contributed by atoms with Gasteiger partial charge in [0, 0.05) is 22.4 Å². The predicted octanol–water partition coefficient (Wildman–Crippen LogP) is 3.56. The number of aromatic hydroxyl groups is 2. The second-order valence-electron chi connectivity index (χ2n) is 5.68. The summed E-state index contributed by atoms with van der Waals surface area (Å²) in [5, 5.41) is 22.8. The van der Waals surface area contributed by atoms with E-state index in [1.165, 1.54) is 0 Å². The fraction of sp³-hybridized carbons (Fsp3) is 0.294. The van der Waals surface area contributed by atoms with Crippen LogP contribution in [0.25, 0.3) is 0 Å². The molecule has 0 saturated heterocycles. The van der Waals surface area contributed by atoms with Gasteiger partial charge in [0.05, 0.1) is 11.4 Å². The van der Waals surface area contributed by atoms with E-state index in [1.54, 1.807) is 30.0 Å². The number of hydrogen-bond donors (Lipinski definition) is 3. The molecule has 3 rings (SSSR count). The zero-order valence-corrected chi connectivity index (χ0v) is 13.5. The van der Waals surface area contributed by atoms with E-state index in [9.17, 15) is 10.2 Å². The van der Waals surface area contributed by atoms with Gasteiger partial charge in [-0.1, -0.05) is 18.7 Å². The number of benzene rings is 2. The Kier molecular flexibility index (Phi) is 4.18. The summed E-state index contributed by atoms with van der Waals surface area (Å²) >= 11 is 1.62. The molecule has 22 heavy (non-hydrogen) atoms. The first-order chi connectivity index (χ1) is 10.6. The summed E-state index contributed by atoms with van der Waals surface area (Å²) in [6.07, 6.45) is 0. The minimum Gasteiger partial charge on any atom is -0.508 e. The van der Waals surface area contributed by atoms with Gasteiger partial charge in [-0.2, -0.15) is 0 Å². The summed E-state index contributed by atoms with van der Waals surface area (Å²) in [5.41, 5.74) is 2.09. The van der Waals surface area contributed by atoms with E-state index in [4.69, 9.17) is 0 Å². The molecule has 1 heterocycles. The molecule has 0 unspecified atom stereocenters. The minimum absolute atomic E-state index is 0.271. The molecule has 0 aromatic heterocycles. The van der Waals surface area contributed by atoms with Crippen LogP contribution in [-0.2, 0) is 0 Å². The Morgan fingerprint density at radius 1 is 1.05 bits per heavy atom. The Balaban J connectivity index is 2.04. The van der Waals surface area contributed by atoms with E-state index >= 15 is 0 Å². The van der Waals surface area contributed by atoms with Gasteiger partial charge in [-0.3, -0.25) is 0 Å². The van der Waals surface area contributed by atoms with Gasteiger partial charge in [-0.25, -0.2) is 0 Å². The molecule has 0 bridgehead atoms. The van der Waals surface area contributed by atoms with Gasteiger partial charge >= 0.3 is 0 Å². The van der Waals surface area contributed by atoms with Crippen LogP contribution < -0.4 is 10.2 Å². The molecule has 0 fully saturated rings. The summed E-state index contributed by atoms with van der Waals surface area (Å²) in [7, 11) is 1.95. The topological polar surface area (TPSA) is 55.7 Å². The Morgan fingerprint density at radius 2 is 1.77 bits per heavy atom. The number of fused-ring (bicyclic) bond motifs is 2. The van der Waals surface area contributed by atoms with Crippen LogP contribution in [-0.4, -0.2) is 30.4 Å². The van der Waals surface area contributed by atoms with Crippen LogP contribution in [0, 0.1) is 5.92 Å². The first-order valence-electron chi connectivity index (χ1n) is 7.34. The molecule has 1 aliphatic heterocycles. The first-order valence-corrected chi connectivity index (χ1v) is 8.16. The molecule has 4 nitrogen and oxygen atoms in total. The standard InChI is InChI=1S/C17H20N2O2S/c1-11(9-18-2)10-19-14-5-3-13(21)8-17(14)22-16-6-4-12(20)7-15(16)19/h3-8,11,18,20-21H,9-10H2,1-2H3/t11-/m1/s1. The lowest BCUT2D eigenvalue weighted by Crippen LogP contribution is -2.30. The third-order valence-corrected chi connectivity index (χ3v) is 4.85. The number of phenolic OH excluding ortho intramolecular Hbond substituents is 2. The van der Waals surface area contributed by atoms with Crippen molar-refractivity contribution in [2.45, 2.75) is 16.7 Å². The number of rotatable bonds is 4. The predicted molar refractivity (Wildman–Crippen MR) is 90.4 cm³/mol. The molecular formula is C17H20N2O2S. The van der Waals surface area contributed by atoms with Crippen LogP contribution in [0.1, 0.15) is 6.92 Å². The van der Waals surface area contributed by atoms with Gasteiger partial charge < -0.3 is 20.4 Å². The Morgan fingerprint density at radius 3 is 2.55 bits per heavy atom. The van der Waals surface area contributed by atoms with Crippen molar-refractivity contribution in [1.29, 1.82) is 0 Å². The fourth-order valence-electron chi connectivity index (χ4n) is 2.78. The summed E-state index contributed by atoms with van der Waals surface area (Å²) in [5.74, 6) is 0.995. The molecule has 0 amide bonds. The van der Waals surface area contributed by atoms with Crippen molar-refractivity contribution in [2.75, 3.05) is 25.0 Å². The van der Waals surface area contributed by atoms with E-state index < -0.39 is 0 Å². The van der Waals surface area contributed by atoms with E-state index in [1.807, 2.05) is 25.2 Å². The number of nitrogens with one attached hydrogen (secondary N) is 1. The average molecular weight is 316 g/mol. The van der Waals surface area contributed by atoms with Gasteiger partial charge in [0.2, 0.25) is 0 Å². The third-order valence-electron chi connectivity index (χ3n) is 3.73. The van der Waals surface area contributed by atoms with Gasteiger partial charge in [0.1, 0.15) is 11.5 Å². The van der Waals surface area contributed by atoms with Crippen molar-refractivity contribution in [2.24, 2.45) is 5.92 Å². The monoisotopic (exact) mass is 316 g/mol. The SMILES string of the molecule is CNC[C@@H](C)CN1c2ccc(O)cc2Sc2ccc(O)cc21. The van der Waals surface area contributed by atoms with Gasteiger partial charge in [-0.05, 0) is 49.8 Å². The quantitative estimate of drug-likeness (QED) is 0.805. The van der Waals surface area contributed by atoms with Crippen molar-refractivity contribution in [3.8, 4) is 11.5 Å². The second-order valence-corrected chi connectivity index (χ2v) is 6.76. The summed E-state index contributed by atoms with van der Waals surface area (Å²) in [6.45, 7) is 3.96. The van der Waals surface area contributed by atoms with Crippen LogP contribution in [0.5, 0.6) is 11.5 Å². The van der Waals surface area contributed by atoms with Crippen molar-refractivity contribution < 1.29 is 10.2 Å². The lowest BCUT2D eigenvalue weighted by molar-refractivity contribution is 0.472. The summed E-state index contributed by atoms with van der Waals surface area (Å²) < 4.78 is 0. The van der Waals surface area contributed by atoms with Crippen molar-refractivity contribution in [1.82, 2.24) is 5.32 Å². The maximum atomic E-state index is 9.85. The van der Waals surface area contributed by atoms with Crippen molar-refractivity contribution in [3.05, 3.63) is 36.4 Å². The third kappa shape index (κ3) is 2.87. The second kappa shape index (κ2) is 6.10. The van der Waals surface area contributed by atoms with Crippen LogP contribution in [0.3, 0.4) is 0 Å². The maximum absolute atomic E-state index is 9.85. The molecule has 2 aromatic carbocycles. The number of hydrogen-bond acceptors (Lipinski definition) is 5. The molecule has 1 atom stereocenters. The molecule has 1 aliphatic rings. The molecular weight excluding hydrogens is 296 g/mol. The van der Waals surface area contributed by atoms with Crippen molar-refractivity contribution >= 4 is 23.1 Å². The zero-order chi connectivity index (χ0) is 15.7. The number of anilines is 2. The van der Waals surface area contributed by atoms with Crippen LogP contribution in [0.2, 0.25) is 0 Å². The highest BCUT2D eigenvalue weighted by molar-refractivity contribution is 7.99. The Hall–Kier alpha value is -1.85. The highest BCUT2D eigenvalue weighted by atomic mass is 32.2. The van der Waals surface area contributed by atoms with Gasteiger partial charge in [-0.15, -0.1) is 0 Å². The fourth-order valence-corrected chi connectivity index (χ4v) is 3.89. The van der Waals surface area contributed by atoms with Crippen molar-refractivity contribution in [3.63, 3.8) is 0 Å². The lowest BCUT2D eigenvalue weighted by Gasteiger charge is -2.34. The largest absolute Gasteiger partial charge is 0.508 e. The van der Waals surface area contributed by atoms with E-state index in [0.29, 0.717) is 5.92 Å². The van der Waals surface area contributed by atoms with Crippen LogP contribution in [0.15, 0.2) is 46.2 Å². The highest BCUT2D eigenvalue weighted by Crippen LogP contribution is 2.50. The van der Waals surface area contributed by atoms with E-state index in [-0.39, 0.29) is 11.5 Å². The molecule has 0 saturated carbocycles. The molecule has 3 N–H and O–H groups in total. The lowest BCUT2D eigenvalue weighted by atomic mass is 10.1. The molecule has 5 heteroatoms. The average Bonchev–Trinajstić information content (AvgIpc) is 2.47. The van der Waals surface area contributed by atoms with Crippen LogP contribution in [0.4, 0.5) is 11.4 Å². The zero-order valence-electron chi connectivity index (χ0n) is 12.7. The molecule has 2 aromatic rings. The van der Waals surface area contributed by atoms with Gasteiger partial charge in [0.15, 0.2) is 0 Å². The number of nitrogens with zero attached hydrogens (tertiary/aromatic N) is 1. The number of phenols is 2. The summed E-state index contributed by atoms with van der Waals surface area (Å²) in [4.78, 5) is 4.35. The van der Waals surface area contributed by atoms with Gasteiger partial charge in [0.25, 0.3) is 0 Å². The van der Waals surface area contributed by atoms with E-state index in [2.05, 4.69) is 17.1 Å². The Labute approximate surface area is 134 Å².